The molecule has 0 amide bonds. The predicted molar refractivity (Wildman–Crippen MR) is 77.0 cm³/mol. The lowest BCUT2D eigenvalue weighted by molar-refractivity contribution is -0.142. The number of cyclic esters (lactones) is 1. The summed E-state index contributed by atoms with van der Waals surface area (Å²) in [6, 6.07) is 5.58. The number of hydrogen-bond acceptors (Lipinski definition) is 6. The minimum absolute atomic E-state index is 0.139. The van der Waals surface area contributed by atoms with Gasteiger partial charge >= 0.3 is 5.97 Å². The summed E-state index contributed by atoms with van der Waals surface area (Å²) in [5.41, 5.74) is 0.857. The lowest BCUT2D eigenvalue weighted by Gasteiger charge is -2.20. The average molecular weight is 287 g/mol. The molecule has 1 saturated heterocycles. The van der Waals surface area contributed by atoms with Gasteiger partial charge in [0.2, 0.25) is 0 Å². The Kier molecular flexibility index (Phi) is 3.96. The number of fused-ring (bicyclic) bond motifs is 1. The van der Waals surface area contributed by atoms with Crippen LogP contribution in [0.1, 0.15) is 6.42 Å². The first-order valence-electron chi connectivity index (χ1n) is 6.93. The van der Waals surface area contributed by atoms with Gasteiger partial charge in [-0.3, -0.25) is 9.69 Å². The molecule has 6 heteroatoms. The summed E-state index contributed by atoms with van der Waals surface area (Å²) < 4.78 is 10.7. The SMILES string of the molecule is CN(CCOc1ccc2cncnc2c1)C1CCOC1=O. The Bertz CT molecular complexity index is 647. The van der Waals surface area contributed by atoms with Gasteiger partial charge in [-0.2, -0.15) is 0 Å². The van der Waals surface area contributed by atoms with E-state index in [0.29, 0.717) is 19.8 Å². The molecule has 1 fully saturated rings. The van der Waals surface area contributed by atoms with Gasteiger partial charge in [0, 0.05) is 30.6 Å². The fourth-order valence-electron chi connectivity index (χ4n) is 2.39. The molecule has 1 aromatic heterocycles. The molecule has 0 saturated carbocycles. The van der Waals surface area contributed by atoms with Gasteiger partial charge in [-0.1, -0.05) is 0 Å². The van der Waals surface area contributed by atoms with E-state index in [2.05, 4.69) is 9.97 Å². The number of ether oxygens (including phenoxy) is 2. The van der Waals surface area contributed by atoms with E-state index in [1.807, 2.05) is 30.1 Å². The van der Waals surface area contributed by atoms with Gasteiger partial charge in [-0.25, -0.2) is 9.97 Å². The number of hydrogen-bond donors (Lipinski definition) is 0. The largest absolute Gasteiger partial charge is 0.492 e. The van der Waals surface area contributed by atoms with Crippen molar-refractivity contribution < 1.29 is 14.3 Å². The van der Waals surface area contributed by atoms with Crippen molar-refractivity contribution in [2.45, 2.75) is 12.5 Å². The predicted octanol–water partition coefficient (Wildman–Crippen LogP) is 1.26. The summed E-state index contributed by atoms with van der Waals surface area (Å²) >= 11 is 0. The van der Waals surface area contributed by atoms with Crippen molar-refractivity contribution in [1.82, 2.24) is 14.9 Å². The molecule has 110 valence electrons. The maximum atomic E-state index is 11.5. The highest BCUT2D eigenvalue weighted by Gasteiger charge is 2.29. The van der Waals surface area contributed by atoms with Crippen molar-refractivity contribution in [2.75, 3.05) is 26.8 Å². The second-order valence-corrected chi connectivity index (χ2v) is 5.04. The van der Waals surface area contributed by atoms with Crippen LogP contribution in [0.3, 0.4) is 0 Å². The summed E-state index contributed by atoms with van der Waals surface area (Å²) in [5.74, 6) is 0.628. The number of carbonyl (C=O) groups excluding carboxylic acids is 1. The molecule has 0 spiro atoms. The fourth-order valence-corrected chi connectivity index (χ4v) is 2.39. The summed E-state index contributed by atoms with van der Waals surface area (Å²) in [4.78, 5) is 21.6. The van der Waals surface area contributed by atoms with Crippen LogP contribution in [0.4, 0.5) is 0 Å². The molecule has 1 unspecified atom stereocenters. The number of likely N-dealkylation sites (N-methyl/N-ethyl adjacent to an activating group) is 1. The van der Waals surface area contributed by atoms with E-state index in [4.69, 9.17) is 9.47 Å². The lowest BCUT2D eigenvalue weighted by Crippen LogP contribution is -2.37. The first kappa shape index (κ1) is 13.8. The standard InChI is InChI=1S/C15H17N3O3/c1-18(14-4-6-21-15(14)19)5-7-20-12-3-2-11-9-16-10-17-13(11)8-12/h2-3,8-10,14H,4-7H2,1H3. The van der Waals surface area contributed by atoms with Crippen LogP contribution >= 0.6 is 0 Å². The molecule has 0 aliphatic carbocycles. The molecule has 1 aliphatic rings. The van der Waals surface area contributed by atoms with E-state index in [1.54, 1.807) is 6.20 Å². The van der Waals surface area contributed by atoms with Gasteiger partial charge in [-0.05, 0) is 19.2 Å². The van der Waals surface area contributed by atoms with Gasteiger partial charge in [0.25, 0.3) is 0 Å². The van der Waals surface area contributed by atoms with E-state index in [1.165, 1.54) is 6.33 Å². The number of esters is 1. The molecule has 21 heavy (non-hydrogen) atoms. The summed E-state index contributed by atoms with van der Waals surface area (Å²) in [5, 5.41) is 0.982. The molecule has 2 aromatic rings. The van der Waals surface area contributed by atoms with E-state index >= 15 is 0 Å². The van der Waals surface area contributed by atoms with Crippen LogP contribution in [0.5, 0.6) is 5.75 Å². The van der Waals surface area contributed by atoms with Crippen LogP contribution in [0.2, 0.25) is 0 Å². The fraction of sp³-hybridized carbons (Fsp3) is 0.400. The molecular weight excluding hydrogens is 270 g/mol. The van der Waals surface area contributed by atoms with Crippen molar-refractivity contribution in [1.29, 1.82) is 0 Å². The van der Waals surface area contributed by atoms with E-state index in [-0.39, 0.29) is 12.0 Å². The van der Waals surface area contributed by atoms with Crippen molar-refractivity contribution in [3.05, 3.63) is 30.7 Å². The topological polar surface area (TPSA) is 64.6 Å². The number of aromatic nitrogens is 2. The van der Waals surface area contributed by atoms with Gasteiger partial charge < -0.3 is 9.47 Å². The van der Waals surface area contributed by atoms with E-state index in [9.17, 15) is 4.79 Å². The summed E-state index contributed by atoms with van der Waals surface area (Å²) in [7, 11) is 1.91. The third-order valence-corrected chi connectivity index (χ3v) is 3.63. The summed E-state index contributed by atoms with van der Waals surface area (Å²) in [6.07, 6.45) is 4.04. The Balaban J connectivity index is 1.55. The second-order valence-electron chi connectivity index (χ2n) is 5.04. The quantitative estimate of drug-likeness (QED) is 0.771. The molecule has 2 heterocycles. The van der Waals surface area contributed by atoms with Crippen LogP contribution < -0.4 is 4.74 Å². The highest BCUT2D eigenvalue weighted by atomic mass is 16.5. The molecule has 1 aliphatic heterocycles. The molecule has 0 bridgehead atoms. The second kappa shape index (κ2) is 6.05. The molecule has 1 atom stereocenters. The van der Waals surface area contributed by atoms with Gasteiger partial charge in [-0.15, -0.1) is 0 Å². The Morgan fingerprint density at radius 3 is 3.19 bits per heavy atom. The smallest absolute Gasteiger partial charge is 0.323 e. The van der Waals surface area contributed by atoms with Crippen molar-refractivity contribution in [3.8, 4) is 5.75 Å². The van der Waals surface area contributed by atoms with Crippen molar-refractivity contribution >= 4 is 16.9 Å². The van der Waals surface area contributed by atoms with Gasteiger partial charge in [0.15, 0.2) is 0 Å². The normalized spacial score (nSPS) is 18.2. The van der Waals surface area contributed by atoms with Crippen LogP contribution in [-0.2, 0) is 9.53 Å². The van der Waals surface area contributed by atoms with Crippen LogP contribution in [-0.4, -0.2) is 53.7 Å². The Labute approximate surface area is 122 Å². The molecule has 0 N–H and O–H groups in total. The van der Waals surface area contributed by atoms with E-state index in [0.717, 1.165) is 23.1 Å². The molecular formula is C15H17N3O3. The Morgan fingerprint density at radius 1 is 1.48 bits per heavy atom. The van der Waals surface area contributed by atoms with Crippen molar-refractivity contribution in [2.24, 2.45) is 0 Å². The zero-order chi connectivity index (χ0) is 14.7. The van der Waals surface area contributed by atoms with Crippen LogP contribution in [0.15, 0.2) is 30.7 Å². The third kappa shape index (κ3) is 3.11. The number of carbonyl (C=O) groups is 1. The summed E-state index contributed by atoms with van der Waals surface area (Å²) in [6.45, 7) is 1.69. The average Bonchev–Trinajstić information content (AvgIpc) is 2.93. The number of benzene rings is 1. The minimum Gasteiger partial charge on any atom is -0.492 e. The van der Waals surface area contributed by atoms with Gasteiger partial charge in [0.1, 0.15) is 24.7 Å². The van der Waals surface area contributed by atoms with Gasteiger partial charge in [0.05, 0.1) is 12.1 Å². The highest BCUT2D eigenvalue weighted by molar-refractivity contribution is 5.78. The maximum Gasteiger partial charge on any atom is 0.323 e. The minimum atomic E-state index is -0.141. The highest BCUT2D eigenvalue weighted by Crippen LogP contribution is 2.18. The van der Waals surface area contributed by atoms with E-state index < -0.39 is 0 Å². The first-order chi connectivity index (χ1) is 10.2. The Morgan fingerprint density at radius 2 is 2.38 bits per heavy atom. The number of rotatable bonds is 5. The monoisotopic (exact) mass is 287 g/mol. The zero-order valence-corrected chi connectivity index (χ0v) is 11.9. The first-order valence-corrected chi connectivity index (χ1v) is 6.93. The van der Waals surface area contributed by atoms with Crippen molar-refractivity contribution in [3.63, 3.8) is 0 Å². The maximum absolute atomic E-state index is 11.5. The van der Waals surface area contributed by atoms with Crippen LogP contribution in [0, 0.1) is 0 Å². The molecule has 0 radical (unpaired) electrons. The Hall–Kier alpha value is -2.21. The zero-order valence-electron chi connectivity index (χ0n) is 11.9. The number of nitrogens with zero attached hydrogens (tertiary/aromatic N) is 3. The molecule has 3 rings (SSSR count). The third-order valence-electron chi connectivity index (χ3n) is 3.63. The van der Waals surface area contributed by atoms with Crippen LogP contribution in [0.25, 0.3) is 10.9 Å². The molecule has 1 aromatic carbocycles. The molecule has 6 nitrogen and oxygen atoms in total. The lowest BCUT2D eigenvalue weighted by atomic mass is 10.2.